The molecule has 0 bridgehead atoms. The fraction of sp³-hybridized carbons (Fsp3) is 0.391. The second-order valence-electron chi connectivity index (χ2n) is 7.02. The van der Waals surface area contributed by atoms with Gasteiger partial charge in [0, 0.05) is 18.8 Å². The third-order valence-electron chi connectivity index (χ3n) is 5.03. The van der Waals surface area contributed by atoms with Gasteiger partial charge in [0.15, 0.2) is 17.5 Å². The van der Waals surface area contributed by atoms with E-state index in [0.717, 1.165) is 30.6 Å². The predicted octanol–water partition coefficient (Wildman–Crippen LogP) is 2.74. The predicted molar refractivity (Wildman–Crippen MR) is 119 cm³/mol. The summed E-state index contributed by atoms with van der Waals surface area (Å²) in [5.74, 6) is 1.99. The number of rotatable bonds is 7. The Morgan fingerprint density at radius 2 is 1.90 bits per heavy atom. The molecule has 0 unspecified atom stereocenters. The summed E-state index contributed by atoms with van der Waals surface area (Å²) in [7, 11) is 3.22. The van der Waals surface area contributed by atoms with Crippen LogP contribution in [0.5, 0.6) is 11.5 Å². The first kappa shape index (κ1) is 21.5. The molecule has 2 N–H and O–H groups in total. The minimum absolute atomic E-state index is 0.0406. The van der Waals surface area contributed by atoms with Gasteiger partial charge in [-0.15, -0.1) is 0 Å². The third kappa shape index (κ3) is 5.23. The normalized spacial score (nSPS) is 13.4. The fourth-order valence-corrected chi connectivity index (χ4v) is 3.54. The van der Waals surface area contributed by atoms with Gasteiger partial charge in [0.2, 0.25) is 5.91 Å². The lowest BCUT2D eigenvalue weighted by molar-refractivity contribution is -0.117. The lowest BCUT2D eigenvalue weighted by Crippen LogP contribution is -2.46. The van der Waals surface area contributed by atoms with E-state index < -0.39 is 0 Å². The van der Waals surface area contributed by atoms with Gasteiger partial charge in [-0.1, -0.05) is 24.3 Å². The highest BCUT2D eigenvalue weighted by molar-refractivity contribution is 5.98. The molecule has 0 atom stereocenters. The summed E-state index contributed by atoms with van der Waals surface area (Å²) in [6.45, 7) is 4.09. The Morgan fingerprint density at radius 3 is 2.67 bits per heavy atom. The standard InChI is InChI=1S/C23H30N4O3/c1-4-24-23(25-15-17-11-12-20(29-2)21(14-17)30-3)26-16-22(28)27-13-7-9-18-8-5-6-10-19(18)27/h5-6,8,10-12,14H,4,7,9,13,15-16H2,1-3H3,(H2,24,25,26). The van der Waals surface area contributed by atoms with Crippen molar-refractivity contribution in [1.82, 2.24) is 10.6 Å². The van der Waals surface area contributed by atoms with E-state index in [1.165, 1.54) is 5.56 Å². The van der Waals surface area contributed by atoms with E-state index in [0.29, 0.717) is 30.5 Å². The highest BCUT2D eigenvalue weighted by Gasteiger charge is 2.21. The number of carbonyl (C=O) groups excluding carboxylic acids is 1. The van der Waals surface area contributed by atoms with Crippen LogP contribution in [0.4, 0.5) is 5.69 Å². The van der Waals surface area contributed by atoms with Crippen molar-refractivity contribution < 1.29 is 14.3 Å². The molecule has 1 aliphatic heterocycles. The van der Waals surface area contributed by atoms with Gasteiger partial charge in [-0.25, -0.2) is 4.99 Å². The number of aliphatic imine (C=N–C) groups is 1. The van der Waals surface area contributed by atoms with Crippen molar-refractivity contribution in [2.45, 2.75) is 26.3 Å². The summed E-state index contributed by atoms with van der Waals surface area (Å²) in [5.41, 5.74) is 3.23. The van der Waals surface area contributed by atoms with E-state index in [-0.39, 0.29) is 12.5 Å². The second kappa shape index (κ2) is 10.5. The number of anilines is 1. The van der Waals surface area contributed by atoms with Crippen molar-refractivity contribution in [2.24, 2.45) is 4.99 Å². The Hall–Kier alpha value is -3.22. The SMILES string of the molecule is CCNC(=NCc1ccc(OC)c(OC)c1)NCC(=O)N1CCCc2ccccc21. The molecule has 0 aromatic heterocycles. The maximum Gasteiger partial charge on any atom is 0.246 e. The smallest absolute Gasteiger partial charge is 0.246 e. The molecule has 0 saturated heterocycles. The molecule has 7 nitrogen and oxygen atoms in total. The molecule has 0 fully saturated rings. The topological polar surface area (TPSA) is 75.2 Å². The summed E-state index contributed by atoms with van der Waals surface area (Å²) in [4.78, 5) is 19.3. The van der Waals surface area contributed by atoms with E-state index in [4.69, 9.17) is 9.47 Å². The first-order chi connectivity index (χ1) is 14.7. The van der Waals surface area contributed by atoms with Crippen molar-refractivity contribution in [3.63, 3.8) is 0 Å². The van der Waals surface area contributed by atoms with Crippen LogP contribution in [0.3, 0.4) is 0 Å². The Bertz CT molecular complexity index is 898. The number of methoxy groups -OCH3 is 2. The summed E-state index contributed by atoms with van der Waals surface area (Å²) in [5, 5.41) is 6.36. The summed E-state index contributed by atoms with van der Waals surface area (Å²) >= 11 is 0. The number of carbonyl (C=O) groups is 1. The van der Waals surface area contributed by atoms with Crippen LogP contribution in [-0.2, 0) is 17.8 Å². The van der Waals surface area contributed by atoms with Crippen LogP contribution in [-0.4, -0.2) is 45.7 Å². The Balaban J connectivity index is 1.64. The van der Waals surface area contributed by atoms with Gasteiger partial charge in [-0.3, -0.25) is 4.79 Å². The molecule has 1 amide bonds. The molecule has 30 heavy (non-hydrogen) atoms. The van der Waals surface area contributed by atoms with Gasteiger partial charge in [-0.05, 0) is 49.1 Å². The third-order valence-corrected chi connectivity index (χ3v) is 5.03. The van der Waals surface area contributed by atoms with Gasteiger partial charge >= 0.3 is 0 Å². The van der Waals surface area contributed by atoms with Crippen molar-refractivity contribution in [1.29, 1.82) is 0 Å². The molecule has 0 radical (unpaired) electrons. The molecule has 0 saturated carbocycles. The van der Waals surface area contributed by atoms with Crippen LogP contribution in [0.2, 0.25) is 0 Å². The summed E-state index contributed by atoms with van der Waals surface area (Å²) in [6, 6.07) is 13.8. The number of guanidine groups is 1. The number of nitrogens with one attached hydrogen (secondary N) is 2. The Kier molecular flexibility index (Phi) is 7.54. The van der Waals surface area contributed by atoms with Crippen molar-refractivity contribution in [3.05, 3.63) is 53.6 Å². The lowest BCUT2D eigenvalue weighted by Gasteiger charge is -2.29. The number of ether oxygens (including phenoxy) is 2. The van der Waals surface area contributed by atoms with Crippen molar-refractivity contribution >= 4 is 17.6 Å². The number of amides is 1. The van der Waals surface area contributed by atoms with Gasteiger partial charge < -0.3 is 25.0 Å². The lowest BCUT2D eigenvalue weighted by atomic mass is 10.0. The molecule has 0 spiro atoms. The first-order valence-electron chi connectivity index (χ1n) is 10.3. The van der Waals surface area contributed by atoms with Crippen molar-refractivity contribution in [3.8, 4) is 11.5 Å². The van der Waals surface area contributed by atoms with E-state index in [1.54, 1.807) is 14.2 Å². The van der Waals surface area contributed by atoms with Crippen LogP contribution in [0, 0.1) is 0 Å². The minimum atomic E-state index is 0.0406. The molecule has 7 heteroatoms. The number of fused-ring (bicyclic) bond motifs is 1. The molecule has 1 aliphatic rings. The first-order valence-corrected chi connectivity index (χ1v) is 10.3. The average molecular weight is 411 g/mol. The molecule has 2 aromatic rings. The number of nitrogens with zero attached hydrogens (tertiary/aromatic N) is 2. The number of hydrogen-bond donors (Lipinski definition) is 2. The number of benzene rings is 2. The largest absolute Gasteiger partial charge is 0.493 e. The highest BCUT2D eigenvalue weighted by Crippen LogP contribution is 2.28. The quantitative estimate of drug-likeness (QED) is 0.542. The van der Waals surface area contributed by atoms with E-state index in [1.807, 2.05) is 48.2 Å². The van der Waals surface area contributed by atoms with Crippen LogP contribution in [0.25, 0.3) is 0 Å². The van der Waals surface area contributed by atoms with Crippen LogP contribution >= 0.6 is 0 Å². The van der Waals surface area contributed by atoms with E-state index >= 15 is 0 Å². The Morgan fingerprint density at radius 1 is 1.10 bits per heavy atom. The zero-order valence-corrected chi connectivity index (χ0v) is 17.9. The van der Waals surface area contributed by atoms with Gasteiger partial charge in [-0.2, -0.15) is 0 Å². The van der Waals surface area contributed by atoms with E-state index in [9.17, 15) is 4.79 Å². The maximum atomic E-state index is 12.8. The number of para-hydroxylation sites is 1. The van der Waals surface area contributed by atoms with Gasteiger partial charge in [0.05, 0.1) is 27.3 Å². The van der Waals surface area contributed by atoms with Crippen molar-refractivity contribution in [2.75, 3.05) is 38.8 Å². The van der Waals surface area contributed by atoms with E-state index in [2.05, 4.69) is 21.7 Å². The molecule has 0 aliphatic carbocycles. The zero-order valence-electron chi connectivity index (χ0n) is 17.9. The fourth-order valence-electron chi connectivity index (χ4n) is 3.54. The van der Waals surface area contributed by atoms with Crippen LogP contribution < -0.4 is 25.0 Å². The second-order valence-corrected chi connectivity index (χ2v) is 7.02. The average Bonchev–Trinajstić information content (AvgIpc) is 2.80. The van der Waals surface area contributed by atoms with Gasteiger partial charge in [0.25, 0.3) is 0 Å². The van der Waals surface area contributed by atoms with Gasteiger partial charge in [0.1, 0.15) is 0 Å². The molecule has 3 rings (SSSR count). The number of hydrogen-bond acceptors (Lipinski definition) is 4. The molecule has 160 valence electrons. The number of aryl methyl sites for hydroxylation is 1. The Labute approximate surface area is 178 Å². The monoisotopic (exact) mass is 410 g/mol. The minimum Gasteiger partial charge on any atom is -0.493 e. The molecular weight excluding hydrogens is 380 g/mol. The molecular formula is C23H30N4O3. The summed E-state index contributed by atoms with van der Waals surface area (Å²) in [6.07, 6.45) is 2.00. The maximum absolute atomic E-state index is 12.8. The zero-order chi connectivity index (χ0) is 21.3. The van der Waals surface area contributed by atoms with Crippen LogP contribution in [0.1, 0.15) is 24.5 Å². The molecule has 2 aromatic carbocycles. The molecule has 1 heterocycles. The van der Waals surface area contributed by atoms with Crippen LogP contribution in [0.15, 0.2) is 47.5 Å². The summed E-state index contributed by atoms with van der Waals surface area (Å²) < 4.78 is 10.6. The highest BCUT2D eigenvalue weighted by atomic mass is 16.5.